The van der Waals surface area contributed by atoms with Crippen molar-refractivity contribution in [1.82, 2.24) is 4.57 Å². The number of carbonyl (C=O) groups is 2. The third kappa shape index (κ3) is 4.05. The van der Waals surface area contributed by atoms with Crippen LogP contribution in [0.25, 0.3) is 17.5 Å². The number of ether oxygens (including phenoxy) is 4. The van der Waals surface area contributed by atoms with E-state index in [0.717, 1.165) is 15.9 Å². The van der Waals surface area contributed by atoms with Crippen LogP contribution in [0.3, 0.4) is 0 Å². The zero-order valence-corrected chi connectivity index (χ0v) is 20.9. The number of para-hydroxylation sites is 2. The van der Waals surface area contributed by atoms with E-state index in [1.807, 2.05) is 12.1 Å². The minimum absolute atomic E-state index is 0.0679. The van der Waals surface area contributed by atoms with E-state index < -0.39 is 23.4 Å². The van der Waals surface area contributed by atoms with Crippen molar-refractivity contribution in [2.24, 2.45) is 5.73 Å². The van der Waals surface area contributed by atoms with Crippen molar-refractivity contribution in [2.45, 2.75) is 5.92 Å². The molecule has 2 N–H and O–H groups in total. The average molecular weight is 509 g/mol. The second-order valence-electron chi connectivity index (χ2n) is 7.67. The van der Waals surface area contributed by atoms with Crippen LogP contribution < -0.4 is 30.0 Å². The fourth-order valence-electron chi connectivity index (χ4n) is 4.21. The molecule has 2 aromatic carbocycles. The van der Waals surface area contributed by atoms with Crippen molar-refractivity contribution in [2.75, 3.05) is 28.4 Å². The van der Waals surface area contributed by atoms with E-state index in [9.17, 15) is 14.4 Å². The van der Waals surface area contributed by atoms with Gasteiger partial charge in [0.15, 0.2) is 0 Å². The van der Waals surface area contributed by atoms with Gasteiger partial charge in [-0.1, -0.05) is 36.4 Å². The maximum atomic E-state index is 13.6. The van der Waals surface area contributed by atoms with Gasteiger partial charge in [0.25, 0.3) is 5.56 Å². The molecule has 186 valence electrons. The second-order valence-corrected chi connectivity index (χ2v) is 8.70. The SMILES string of the molecule is COC(=O)C1=C(N)n2c(s/c(=C/c3ccccc3OC)c2=O)=C(C(=O)OC)C1c1ccccc1OC. The number of benzene rings is 2. The molecule has 4 rings (SSSR count). The number of esters is 2. The molecule has 10 heteroatoms. The number of hydrogen-bond acceptors (Lipinski definition) is 9. The minimum Gasteiger partial charge on any atom is -0.496 e. The first-order chi connectivity index (χ1) is 17.4. The fraction of sp³-hybridized carbons (Fsp3) is 0.192. The van der Waals surface area contributed by atoms with Gasteiger partial charge in [0.05, 0.1) is 50.0 Å². The first kappa shape index (κ1) is 24.8. The van der Waals surface area contributed by atoms with Crippen molar-refractivity contribution >= 4 is 40.7 Å². The van der Waals surface area contributed by atoms with E-state index in [1.165, 1.54) is 28.4 Å². The Hall–Kier alpha value is -4.31. The maximum absolute atomic E-state index is 13.6. The van der Waals surface area contributed by atoms with Crippen LogP contribution in [0.1, 0.15) is 17.0 Å². The number of hydrogen-bond donors (Lipinski definition) is 1. The number of carbonyl (C=O) groups excluding carboxylic acids is 2. The van der Waals surface area contributed by atoms with Gasteiger partial charge in [-0.15, -0.1) is 11.3 Å². The molecule has 0 amide bonds. The largest absolute Gasteiger partial charge is 0.496 e. The van der Waals surface area contributed by atoms with Crippen molar-refractivity contribution < 1.29 is 28.5 Å². The van der Waals surface area contributed by atoms with Gasteiger partial charge in [-0.05, 0) is 18.2 Å². The molecule has 0 fully saturated rings. The van der Waals surface area contributed by atoms with Gasteiger partial charge in [-0.25, -0.2) is 9.59 Å². The lowest BCUT2D eigenvalue weighted by atomic mass is 9.82. The van der Waals surface area contributed by atoms with Crippen LogP contribution in [0.15, 0.2) is 58.9 Å². The summed E-state index contributed by atoms with van der Waals surface area (Å²) in [6, 6.07) is 14.1. The van der Waals surface area contributed by atoms with Crippen LogP contribution in [0, 0.1) is 0 Å². The third-order valence-electron chi connectivity index (χ3n) is 5.83. The van der Waals surface area contributed by atoms with Gasteiger partial charge in [-0.2, -0.15) is 0 Å². The minimum atomic E-state index is -1.00. The summed E-state index contributed by atoms with van der Waals surface area (Å²) in [7, 11) is 5.44. The van der Waals surface area contributed by atoms with Gasteiger partial charge in [0.2, 0.25) is 0 Å². The summed E-state index contributed by atoms with van der Waals surface area (Å²) in [6.07, 6.45) is 1.65. The molecule has 3 aromatic rings. The van der Waals surface area contributed by atoms with E-state index >= 15 is 0 Å². The molecule has 0 aliphatic carbocycles. The van der Waals surface area contributed by atoms with Gasteiger partial charge >= 0.3 is 11.9 Å². The van der Waals surface area contributed by atoms with E-state index in [0.29, 0.717) is 22.6 Å². The normalized spacial score (nSPS) is 15.4. The summed E-state index contributed by atoms with van der Waals surface area (Å²) in [5.41, 5.74) is 7.11. The topological polar surface area (TPSA) is 119 Å². The quantitative estimate of drug-likeness (QED) is 0.493. The Kier molecular flexibility index (Phi) is 6.98. The zero-order chi connectivity index (χ0) is 26.0. The fourth-order valence-corrected chi connectivity index (χ4v) is 5.36. The number of fused-ring (bicyclic) bond motifs is 1. The zero-order valence-electron chi connectivity index (χ0n) is 20.1. The number of thiazole rings is 1. The highest BCUT2D eigenvalue weighted by atomic mass is 32.1. The van der Waals surface area contributed by atoms with E-state index in [4.69, 9.17) is 24.7 Å². The van der Waals surface area contributed by atoms with Gasteiger partial charge in [0.1, 0.15) is 22.0 Å². The number of rotatable bonds is 6. The summed E-state index contributed by atoms with van der Waals surface area (Å²) >= 11 is 1.06. The molecule has 0 radical (unpaired) electrons. The van der Waals surface area contributed by atoms with Crippen molar-refractivity contribution in [3.8, 4) is 11.5 Å². The highest BCUT2D eigenvalue weighted by Crippen LogP contribution is 2.41. The Labute approximate surface area is 210 Å². The Balaban J connectivity index is 2.16. The van der Waals surface area contributed by atoms with Crippen LogP contribution in [-0.4, -0.2) is 44.9 Å². The second kappa shape index (κ2) is 10.1. The van der Waals surface area contributed by atoms with Gasteiger partial charge in [-0.3, -0.25) is 9.36 Å². The molecular formula is C26H24N2O7S. The van der Waals surface area contributed by atoms with Crippen LogP contribution in [-0.2, 0) is 19.1 Å². The molecule has 0 saturated carbocycles. The van der Waals surface area contributed by atoms with Crippen LogP contribution in [0.4, 0.5) is 0 Å². The van der Waals surface area contributed by atoms with Gasteiger partial charge in [0, 0.05) is 11.1 Å². The molecule has 0 saturated heterocycles. The lowest BCUT2D eigenvalue weighted by Crippen LogP contribution is -2.41. The molecule has 0 bridgehead atoms. The smallest absolute Gasteiger partial charge is 0.338 e. The summed E-state index contributed by atoms with van der Waals surface area (Å²) in [5.74, 6) is -1.66. The predicted molar refractivity (Wildman–Crippen MR) is 135 cm³/mol. The number of nitrogens with zero attached hydrogens (tertiary/aromatic N) is 1. The Morgan fingerprint density at radius 3 is 2.11 bits per heavy atom. The first-order valence-electron chi connectivity index (χ1n) is 10.8. The van der Waals surface area contributed by atoms with Crippen molar-refractivity contribution in [3.63, 3.8) is 0 Å². The molecule has 1 aromatic heterocycles. The molecule has 36 heavy (non-hydrogen) atoms. The van der Waals surface area contributed by atoms with Gasteiger partial charge < -0.3 is 24.7 Å². The third-order valence-corrected chi connectivity index (χ3v) is 6.94. The van der Waals surface area contributed by atoms with E-state index in [-0.39, 0.29) is 26.2 Å². The average Bonchev–Trinajstić information content (AvgIpc) is 3.23. The molecular weight excluding hydrogens is 484 g/mol. The van der Waals surface area contributed by atoms with Crippen molar-refractivity contribution in [1.29, 1.82) is 0 Å². The van der Waals surface area contributed by atoms with Crippen LogP contribution in [0.5, 0.6) is 11.5 Å². The highest BCUT2D eigenvalue weighted by Gasteiger charge is 2.40. The Bertz CT molecular complexity index is 1570. The molecule has 9 nitrogen and oxygen atoms in total. The molecule has 2 heterocycles. The molecule has 0 spiro atoms. The molecule has 1 aliphatic heterocycles. The number of methoxy groups -OCH3 is 4. The first-order valence-corrected chi connectivity index (χ1v) is 11.6. The lowest BCUT2D eigenvalue weighted by molar-refractivity contribution is -0.136. The highest BCUT2D eigenvalue weighted by molar-refractivity contribution is 7.07. The van der Waals surface area contributed by atoms with E-state index in [1.54, 1.807) is 42.5 Å². The predicted octanol–water partition coefficient (Wildman–Crippen LogP) is 1.18. The molecule has 1 unspecified atom stereocenters. The number of nitrogens with two attached hydrogens (primary N) is 1. The van der Waals surface area contributed by atoms with Crippen molar-refractivity contribution in [3.05, 3.63) is 84.8 Å². The molecule has 1 atom stereocenters. The monoisotopic (exact) mass is 508 g/mol. The van der Waals surface area contributed by atoms with Crippen LogP contribution >= 0.6 is 11.3 Å². The Morgan fingerprint density at radius 2 is 1.47 bits per heavy atom. The maximum Gasteiger partial charge on any atom is 0.338 e. The number of aromatic nitrogens is 1. The van der Waals surface area contributed by atoms with E-state index in [2.05, 4.69) is 0 Å². The van der Waals surface area contributed by atoms with Crippen LogP contribution in [0.2, 0.25) is 0 Å². The summed E-state index contributed by atoms with van der Waals surface area (Å²) < 4.78 is 22.7. The molecule has 1 aliphatic rings. The summed E-state index contributed by atoms with van der Waals surface area (Å²) in [4.78, 5) is 39.8. The standard InChI is InChI=1S/C26H24N2O7S/c1-32-16-11-7-5-9-14(16)13-18-23(29)28-22(27)20(25(30)34-3)19(15-10-6-8-12-17(15)33-2)21(24(28)36-18)26(31)35-4/h5-13,19H,27H2,1-4H3/b18-13+. The lowest BCUT2D eigenvalue weighted by Gasteiger charge is -2.27. The summed E-state index contributed by atoms with van der Waals surface area (Å²) in [6.45, 7) is 0. The Morgan fingerprint density at radius 1 is 0.889 bits per heavy atom. The summed E-state index contributed by atoms with van der Waals surface area (Å²) in [5, 5.41) is 0.